The molecule has 0 aliphatic carbocycles. The molecule has 0 saturated carbocycles. The standard InChI is InChI=1S/C14H16BrN3O2/c1-8(2)17-13-9(15)4-3-5-10(13)18-11(14(17)20)6-16-7-12(18)19/h3-5,8,11,16H,6-7H2,1-2H3. The third-order valence-electron chi connectivity index (χ3n) is 3.70. The van der Waals surface area contributed by atoms with Crippen molar-refractivity contribution in [2.45, 2.75) is 25.9 Å². The lowest BCUT2D eigenvalue weighted by molar-refractivity contribution is -0.126. The maximum Gasteiger partial charge on any atom is 0.251 e. The molecule has 1 atom stereocenters. The molecule has 1 saturated heterocycles. The Balaban J connectivity index is 2.22. The summed E-state index contributed by atoms with van der Waals surface area (Å²) < 4.78 is 0.835. The Morgan fingerprint density at radius 3 is 2.80 bits per heavy atom. The lowest BCUT2D eigenvalue weighted by atomic mass is 10.0. The zero-order valence-corrected chi connectivity index (χ0v) is 13.0. The van der Waals surface area contributed by atoms with Crippen LogP contribution in [0.1, 0.15) is 13.8 Å². The van der Waals surface area contributed by atoms with Crippen LogP contribution < -0.4 is 15.1 Å². The van der Waals surface area contributed by atoms with Crippen LogP contribution >= 0.6 is 15.9 Å². The van der Waals surface area contributed by atoms with E-state index in [9.17, 15) is 9.59 Å². The zero-order valence-electron chi connectivity index (χ0n) is 11.4. The number of hydrogen-bond acceptors (Lipinski definition) is 3. The van der Waals surface area contributed by atoms with Crippen molar-refractivity contribution in [3.8, 4) is 0 Å². The van der Waals surface area contributed by atoms with Crippen LogP contribution in [0, 0.1) is 0 Å². The van der Waals surface area contributed by atoms with Gasteiger partial charge in [0.2, 0.25) is 5.91 Å². The van der Waals surface area contributed by atoms with Gasteiger partial charge in [-0.25, -0.2) is 0 Å². The Morgan fingerprint density at radius 2 is 2.10 bits per heavy atom. The smallest absolute Gasteiger partial charge is 0.251 e. The highest BCUT2D eigenvalue weighted by Gasteiger charge is 2.44. The van der Waals surface area contributed by atoms with Gasteiger partial charge in [0.05, 0.1) is 17.9 Å². The molecule has 2 amide bonds. The van der Waals surface area contributed by atoms with E-state index < -0.39 is 6.04 Å². The SMILES string of the molecule is CC(C)N1C(=O)C2CNCC(=O)N2c2cccc(Br)c21. The Labute approximate surface area is 126 Å². The van der Waals surface area contributed by atoms with E-state index in [0.717, 1.165) is 15.8 Å². The van der Waals surface area contributed by atoms with E-state index in [1.54, 1.807) is 9.80 Å². The number of halogens is 1. The molecule has 3 rings (SSSR count). The van der Waals surface area contributed by atoms with E-state index in [1.807, 2.05) is 32.0 Å². The van der Waals surface area contributed by atoms with Crippen LogP contribution in [0.5, 0.6) is 0 Å². The zero-order chi connectivity index (χ0) is 14.4. The molecule has 0 radical (unpaired) electrons. The molecule has 2 aliphatic rings. The highest BCUT2D eigenvalue weighted by atomic mass is 79.9. The quantitative estimate of drug-likeness (QED) is 0.845. The molecule has 1 N–H and O–H groups in total. The number of fused-ring (bicyclic) bond motifs is 3. The number of nitrogens with zero attached hydrogens (tertiary/aromatic N) is 2. The van der Waals surface area contributed by atoms with E-state index in [-0.39, 0.29) is 24.4 Å². The second-order valence-corrected chi connectivity index (χ2v) is 6.17. The van der Waals surface area contributed by atoms with E-state index in [4.69, 9.17) is 0 Å². The van der Waals surface area contributed by atoms with Gasteiger partial charge in [-0.05, 0) is 41.9 Å². The molecule has 0 bridgehead atoms. The number of anilines is 2. The maximum atomic E-state index is 12.7. The average molecular weight is 338 g/mol. The van der Waals surface area contributed by atoms with Gasteiger partial charge in [0.1, 0.15) is 6.04 Å². The van der Waals surface area contributed by atoms with Crippen LogP contribution in [-0.2, 0) is 9.59 Å². The summed E-state index contributed by atoms with van der Waals surface area (Å²) in [6.45, 7) is 4.74. The minimum Gasteiger partial charge on any atom is -0.306 e. The Hall–Kier alpha value is -1.40. The van der Waals surface area contributed by atoms with Gasteiger partial charge < -0.3 is 10.2 Å². The summed E-state index contributed by atoms with van der Waals surface area (Å²) in [5.41, 5.74) is 1.60. The molecule has 106 valence electrons. The topological polar surface area (TPSA) is 52.7 Å². The lowest BCUT2D eigenvalue weighted by Crippen LogP contribution is -2.65. The van der Waals surface area contributed by atoms with Crippen molar-refractivity contribution in [2.24, 2.45) is 0 Å². The van der Waals surface area contributed by atoms with Crippen molar-refractivity contribution >= 4 is 39.1 Å². The summed E-state index contributed by atoms with van der Waals surface area (Å²) in [6, 6.07) is 5.29. The third-order valence-corrected chi connectivity index (χ3v) is 4.34. The van der Waals surface area contributed by atoms with Crippen LogP contribution in [0.2, 0.25) is 0 Å². The van der Waals surface area contributed by atoms with Gasteiger partial charge in [0, 0.05) is 17.1 Å². The number of carbonyl (C=O) groups is 2. The molecule has 0 spiro atoms. The van der Waals surface area contributed by atoms with Gasteiger partial charge in [-0.2, -0.15) is 0 Å². The minimum atomic E-state index is -0.444. The first-order chi connectivity index (χ1) is 9.52. The summed E-state index contributed by atoms with van der Waals surface area (Å²) in [6.07, 6.45) is 0. The van der Waals surface area contributed by atoms with Crippen LogP contribution in [0.25, 0.3) is 0 Å². The molecule has 1 fully saturated rings. The fourth-order valence-electron chi connectivity index (χ4n) is 2.89. The number of hydrogen-bond donors (Lipinski definition) is 1. The number of carbonyl (C=O) groups excluding carboxylic acids is 2. The van der Waals surface area contributed by atoms with Crippen LogP contribution in [0.4, 0.5) is 11.4 Å². The van der Waals surface area contributed by atoms with Crippen molar-refractivity contribution in [2.75, 3.05) is 22.9 Å². The van der Waals surface area contributed by atoms with Crippen LogP contribution in [0.15, 0.2) is 22.7 Å². The maximum absolute atomic E-state index is 12.7. The van der Waals surface area contributed by atoms with Gasteiger partial charge in [-0.1, -0.05) is 6.07 Å². The fraction of sp³-hybridized carbons (Fsp3) is 0.429. The van der Waals surface area contributed by atoms with Crippen LogP contribution in [-0.4, -0.2) is 37.0 Å². The largest absolute Gasteiger partial charge is 0.306 e. The monoisotopic (exact) mass is 337 g/mol. The molecule has 20 heavy (non-hydrogen) atoms. The third kappa shape index (κ3) is 1.86. The fourth-order valence-corrected chi connectivity index (χ4v) is 3.43. The first kappa shape index (κ1) is 13.6. The van der Waals surface area contributed by atoms with Gasteiger partial charge in [-0.15, -0.1) is 0 Å². The number of piperazine rings is 1. The molecule has 6 heteroatoms. The van der Waals surface area contributed by atoms with Crippen molar-refractivity contribution in [1.82, 2.24) is 5.32 Å². The predicted molar refractivity (Wildman–Crippen MR) is 80.9 cm³/mol. The van der Waals surface area contributed by atoms with E-state index >= 15 is 0 Å². The van der Waals surface area contributed by atoms with Gasteiger partial charge in [0.25, 0.3) is 5.91 Å². The number of nitrogens with one attached hydrogen (secondary N) is 1. The Morgan fingerprint density at radius 1 is 1.35 bits per heavy atom. The van der Waals surface area contributed by atoms with Crippen molar-refractivity contribution in [3.05, 3.63) is 22.7 Å². The summed E-state index contributed by atoms with van der Waals surface area (Å²) in [5, 5.41) is 3.02. The second kappa shape index (κ2) is 4.86. The molecule has 2 aliphatic heterocycles. The lowest BCUT2D eigenvalue weighted by Gasteiger charge is -2.45. The normalized spacial score (nSPS) is 22.1. The first-order valence-electron chi connectivity index (χ1n) is 6.66. The first-order valence-corrected chi connectivity index (χ1v) is 7.46. The molecule has 5 nitrogen and oxygen atoms in total. The van der Waals surface area contributed by atoms with Crippen molar-refractivity contribution in [1.29, 1.82) is 0 Å². The summed E-state index contributed by atoms with van der Waals surface area (Å²) in [7, 11) is 0. The second-order valence-electron chi connectivity index (χ2n) is 5.32. The summed E-state index contributed by atoms with van der Waals surface area (Å²) in [4.78, 5) is 28.4. The summed E-state index contributed by atoms with van der Waals surface area (Å²) in [5.74, 6) is -0.0858. The summed E-state index contributed by atoms with van der Waals surface area (Å²) >= 11 is 3.51. The molecule has 1 aromatic carbocycles. The Bertz CT molecular complexity index is 588. The van der Waals surface area contributed by atoms with Crippen molar-refractivity contribution in [3.63, 3.8) is 0 Å². The van der Waals surface area contributed by atoms with Crippen LogP contribution in [0.3, 0.4) is 0 Å². The van der Waals surface area contributed by atoms with E-state index in [0.29, 0.717) is 6.54 Å². The Kier molecular flexibility index (Phi) is 3.30. The molecule has 0 aromatic heterocycles. The number of para-hydroxylation sites is 1. The molecule has 1 unspecified atom stereocenters. The van der Waals surface area contributed by atoms with E-state index in [1.165, 1.54) is 0 Å². The highest BCUT2D eigenvalue weighted by Crippen LogP contribution is 2.42. The average Bonchev–Trinajstić information content (AvgIpc) is 2.40. The minimum absolute atomic E-state index is 0.0278. The molecular formula is C14H16BrN3O2. The van der Waals surface area contributed by atoms with Gasteiger partial charge in [0.15, 0.2) is 0 Å². The predicted octanol–water partition coefficient (Wildman–Crippen LogP) is 1.51. The van der Waals surface area contributed by atoms with Gasteiger partial charge in [-0.3, -0.25) is 14.5 Å². The number of benzene rings is 1. The van der Waals surface area contributed by atoms with Crippen molar-refractivity contribution < 1.29 is 9.59 Å². The van der Waals surface area contributed by atoms with Gasteiger partial charge >= 0.3 is 0 Å². The molecule has 1 aromatic rings. The number of rotatable bonds is 1. The number of amides is 2. The van der Waals surface area contributed by atoms with E-state index in [2.05, 4.69) is 21.2 Å². The molecule has 2 heterocycles. The highest BCUT2D eigenvalue weighted by molar-refractivity contribution is 9.10. The molecular weight excluding hydrogens is 322 g/mol.